The van der Waals surface area contributed by atoms with Gasteiger partial charge in [-0.1, -0.05) is 54.6 Å². The van der Waals surface area contributed by atoms with Crippen LogP contribution in [0.15, 0.2) is 54.6 Å². The quantitative estimate of drug-likeness (QED) is 0.625. The topological polar surface area (TPSA) is 38.0 Å². The van der Waals surface area contributed by atoms with Crippen LogP contribution in [0.5, 0.6) is 0 Å². The van der Waals surface area contributed by atoms with Gasteiger partial charge in [-0.25, -0.2) is 0 Å². The van der Waals surface area contributed by atoms with Gasteiger partial charge in [-0.05, 0) is 24.5 Å². The van der Waals surface area contributed by atoms with Crippen molar-refractivity contribution >= 4 is 5.91 Å². The lowest BCUT2D eigenvalue weighted by atomic mass is 10.1. The number of nitrogens with one attached hydrogen (secondary N) is 3. The first kappa shape index (κ1) is 18.6. The lowest BCUT2D eigenvalue weighted by molar-refractivity contribution is -1.02. The average molecular weight is 354 g/mol. The molecule has 2 aromatic carbocycles. The van der Waals surface area contributed by atoms with E-state index in [-0.39, 0.29) is 5.91 Å². The van der Waals surface area contributed by atoms with E-state index < -0.39 is 0 Å². The molecule has 0 aliphatic carbocycles. The minimum atomic E-state index is 0.179. The molecule has 1 fully saturated rings. The van der Waals surface area contributed by atoms with Crippen LogP contribution in [0.3, 0.4) is 0 Å². The van der Waals surface area contributed by atoms with Crippen molar-refractivity contribution in [2.45, 2.75) is 19.9 Å². The zero-order valence-electron chi connectivity index (χ0n) is 15.8. The molecular weight excluding hydrogens is 322 g/mol. The van der Waals surface area contributed by atoms with E-state index in [4.69, 9.17) is 0 Å². The number of hydrogen-bond acceptors (Lipinski definition) is 1. The molecule has 1 aliphatic heterocycles. The molecule has 4 nitrogen and oxygen atoms in total. The van der Waals surface area contributed by atoms with E-state index in [2.05, 4.69) is 48.6 Å². The summed E-state index contributed by atoms with van der Waals surface area (Å²) in [5.74, 6) is 0.179. The van der Waals surface area contributed by atoms with Crippen LogP contribution < -0.4 is 15.1 Å². The van der Waals surface area contributed by atoms with Gasteiger partial charge in [0.15, 0.2) is 6.54 Å². The van der Waals surface area contributed by atoms with Gasteiger partial charge in [-0.15, -0.1) is 0 Å². The minimum absolute atomic E-state index is 0.179. The molecule has 0 bridgehead atoms. The molecule has 0 spiro atoms. The second kappa shape index (κ2) is 9.51. The second-order valence-electron chi connectivity index (χ2n) is 7.37. The lowest BCUT2D eigenvalue weighted by Gasteiger charge is -2.29. The van der Waals surface area contributed by atoms with E-state index in [0.717, 1.165) is 45.7 Å². The fraction of sp³-hybridized carbons (Fsp3) is 0.409. The normalized spacial score (nSPS) is 19.9. The van der Waals surface area contributed by atoms with Gasteiger partial charge in [0, 0.05) is 12.1 Å². The summed E-state index contributed by atoms with van der Waals surface area (Å²) in [5, 5.41) is 3.07. The molecule has 1 saturated heterocycles. The Labute approximate surface area is 156 Å². The number of rotatable bonds is 7. The van der Waals surface area contributed by atoms with Gasteiger partial charge >= 0.3 is 0 Å². The molecular formula is C22H31N3O+2. The number of benzene rings is 2. The molecule has 1 aliphatic rings. The van der Waals surface area contributed by atoms with Crippen molar-refractivity contribution < 1.29 is 14.6 Å². The molecule has 0 radical (unpaired) electrons. The largest absolute Gasteiger partial charge is 0.351 e. The Kier molecular flexibility index (Phi) is 6.81. The smallest absolute Gasteiger partial charge is 0.275 e. The third kappa shape index (κ3) is 5.68. The molecule has 3 N–H and O–H groups in total. The van der Waals surface area contributed by atoms with E-state index in [9.17, 15) is 4.79 Å². The zero-order chi connectivity index (χ0) is 18.2. The predicted octanol–water partition coefficient (Wildman–Crippen LogP) is -0.363. The Hall–Kier alpha value is -2.17. The highest BCUT2D eigenvalue weighted by Crippen LogP contribution is 2.04. The Morgan fingerprint density at radius 1 is 0.923 bits per heavy atom. The summed E-state index contributed by atoms with van der Waals surface area (Å²) in [6.45, 7) is 9.05. The Balaban J connectivity index is 1.34. The average Bonchev–Trinajstić information content (AvgIpc) is 2.66. The van der Waals surface area contributed by atoms with Crippen molar-refractivity contribution in [1.82, 2.24) is 5.32 Å². The van der Waals surface area contributed by atoms with Crippen molar-refractivity contribution in [2.75, 3.05) is 39.3 Å². The summed E-state index contributed by atoms with van der Waals surface area (Å²) >= 11 is 0. The van der Waals surface area contributed by atoms with E-state index >= 15 is 0 Å². The molecule has 0 unspecified atom stereocenters. The van der Waals surface area contributed by atoms with Crippen LogP contribution in [0.4, 0.5) is 0 Å². The number of amides is 1. The second-order valence-corrected chi connectivity index (χ2v) is 7.37. The molecule has 4 heteroatoms. The number of piperazine rings is 1. The summed E-state index contributed by atoms with van der Waals surface area (Å²) in [4.78, 5) is 15.2. The molecule has 138 valence electrons. The SMILES string of the molecule is Cc1ccccc1C[NH+]1CC[NH+](CC(=O)NCCc2ccccc2)CC1. The Morgan fingerprint density at radius 2 is 1.58 bits per heavy atom. The number of quaternary nitrogens is 2. The van der Waals surface area contributed by atoms with E-state index in [1.165, 1.54) is 21.6 Å². The maximum atomic E-state index is 12.2. The van der Waals surface area contributed by atoms with Gasteiger partial charge in [0.25, 0.3) is 5.91 Å². The Bertz CT molecular complexity index is 694. The molecule has 2 aromatic rings. The predicted molar refractivity (Wildman–Crippen MR) is 104 cm³/mol. The van der Waals surface area contributed by atoms with Crippen LogP contribution in [0.2, 0.25) is 0 Å². The van der Waals surface area contributed by atoms with E-state index in [0.29, 0.717) is 6.54 Å². The Morgan fingerprint density at radius 3 is 2.31 bits per heavy atom. The summed E-state index contributed by atoms with van der Waals surface area (Å²) in [6, 6.07) is 19.0. The highest BCUT2D eigenvalue weighted by Gasteiger charge is 2.24. The molecule has 1 amide bonds. The van der Waals surface area contributed by atoms with Crippen molar-refractivity contribution in [3.63, 3.8) is 0 Å². The van der Waals surface area contributed by atoms with Gasteiger partial charge < -0.3 is 15.1 Å². The standard InChI is InChI=1S/C22H29N3O/c1-19-7-5-6-10-21(19)17-24-13-15-25(16-14-24)18-22(26)23-12-11-20-8-3-2-4-9-20/h2-10H,11-18H2,1H3,(H,23,26)/p+2. The van der Waals surface area contributed by atoms with Gasteiger partial charge in [0.1, 0.15) is 32.7 Å². The lowest BCUT2D eigenvalue weighted by Crippen LogP contribution is -3.28. The molecule has 0 saturated carbocycles. The third-order valence-corrected chi connectivity index (χ3v) is 5.36. The van der Waals surface area contributed by atoms with Crippen molar-refractivity contribution in [3.8, 4) is 0 Å². The molecule has 3 rings (SSSR count). The van der Waals surface area contributed by atoms with Crippen LogP contribution >= 0.6 is 0 Å². The first-order chi connectivity index (χ1) is 12.7. The third-order valence-electron chi connectivity index (χ3n) is 5.36. The van der Waals surface area contributed by atoms with Crippen LogP contribution in [0.25, 0.3) is 0 Å². The summed E-state index contributed by atoms with van der Waals surface area (Å²) in [5.41, 5.74) is 4.10. The molecule has 0 atom stereocenters. The van der Waals surface area contributed by atoms with Gasteiger partial charge in [-0.3, -0.25) is 4.79 Å². The number of carbonyl (C=O) groups is 1. The van der Waals surface area contributed by atoms with Crippen LogP contribution in [-0.2, 0) is 17.8 Å². The van der Waals surface area contributed by atoms with Crippen LogP contribution in [-0.4, -0.2) is 45.2 Å². The van der Waals surface area contributed by atoms with Crippen LogP contribution in [0.1, 0.15) is 16.7 Å². The first-order valence-corrected chi connectivity index (χ1v) is 9.73. The highest BCUT2D eigenvalue weighted by molar-refractivity contribution is 5.76. The summed E-state index contributed by atoms with van der Waals surface area (Å²) in [7, 11) is 0. The van der Waals surface area contributed by atoms with Gasteiger partial charge in [-0.2, -0.15) is 0 Å². The fourth-order valence-electron chi connectivity index (χ4n) is 3.67. The molecule has 1 heterocycles. The molecule has 26 heavy (non-hydrogen) atoms. The summed E-state index contributed by atoms with van der Waals surface area (Å²) in [6.07, 6.45) is 0.899. The fourth-order valence-corrected chi connectivity index (χ4v) is 3.67. The van der Waals surface area contributed by atoms with Crippen molar-refractivity contribution in [1.29, 1.82) is 0 Å². The number of hydrogen-bond donors (Lipinski definition) is 3. The maximum Gasteiger partial charge on any atom is 0.275 e. The first-order valence-electron chi connectivity index (χ1n) is 9.73. The number of aryl methyl sites for hydroxylation is 1. The minimum Gasteiger partial charge on any atom is -0.351 e. The zero-order valence-corrected chi connectivity index (χ0v) is 15.8. The monoisotopic (exact) mass is 353 g/mol. The molecule has 0 aromatic heterocycles. The highest BCUT2D eigenvalue weighted by atomic mass is 16.2. The van der Waals surface area contributed by atoms with Gasteiger partial charge in [0.2, 0.25) is 0 Å². The summed E-state index contributed by atoms with van der Waals surface area (Å²) < 4.78 is 0. The van der Waals surface area contributed by atoms with E-state index in [1.807, 2.05) is 18.2 Å². The van der Waals surface area contributed by atoms with E-state index in [1.54, 1.807) is 4.90 Å². The van der Waals surface area contributed by atoms with Crippen molar-refractivity contribution in [3.05, 3.63) is 71.3 Å². The number of carbonyl (C=O) groups excluding carboxylic acids is 1. The van der Waals surface area contributed by atoms with Crippen molar-refractivity contribution in [2.24, 2.45) is 0 Å². The van der Waals surface area contributed by atoms with Crippen LogP contribution in [0, 0.1) is 6.92 Å². The van der Waals surface area contributed by atoms with Gasteiger partial charge in [0.05, 0.1) is 0 Å². The maximum absolute atomic E-state index is 12.2.